The van der Waals surface area contributed by atoms with Crippen molar-refractivity contribution in [2.24, 2.45) is 0 Å². The van der Waals surface area contributed by atoms with Gasteiger partial charge in [-0.15, -0.1) is 0 Å². The highest BCUT2D eigenvalue weighted by Gasteiger charge is 2.15. The van der Waals surface area contributed by atoms with Crippen molar-refractivity contribution in [3.05, 3.63) is 40.8 Å². The Morgan fingerprint density at radius 2 is 1.86 bits per heavy atom. The maximum absolute atomic E-state index is 13.2. The van der Waals surface area contributed by atoms with Crippen LogP contribution in [0.5, 0.6) is 0 Å². The van der Waals surface area contributed by atoms with E-state index in [0.29, 0.717) is 0 Å². The van der Waals surface area contributed by atoms with Gasteiger partial charge in [0.05, 0.1) is 15.9 Å². The zero-order valence-electron chi connectivity index (χ0n) is 6.69. The van der Waals surface area contributed by atoms with Crippen molar-refractivity contribution in [1.82, 2.24) is 4.98 Å². The summed E-state index contributed by atoms with van der Waals surface area (Å²) in [7, 11) is 0. The fraction of sp³-hybridized carbons (Fsp3) is 0. The molecule has 0 radical (unpaired) electrons. The topological polar surface area (TPSA) is 12.9 Å². The molecular formula is C9H3ClF3N. The second-order valence-electron chi connectivity index (χ2n) is 2.67. The highest BCUT2D eigenvalue weighted by molar-refractivity contribution is 6.35. The lowest BCUT2D eigenvalue weighted by molar-refractivity contribution is 0.453. The van der Waals surface area contributed by atoms with Crippen molar-refractivity contribution < 1.29 is 13.2 Å². The summed E-state index contributed by atoms with van der Waals surface area (Å²) in [6, 6.07) is 2.12. The van der Waals surface area contributed by atoms with E-state index in [0.717, 1.165) is 6.07 Å². The molecule has 1 aromatic carbocycles. The van der Waals surface area contributed by atoms with Crippen LogP contribution < -0.4 is 0 Å². The van der Waals surface area contributed by atoms with Gasteiger partial charge in [-0.25, -0.2) is 13.2 Å². The van der Waals surface area contributed by atoms with E-state index in [2.05, 4.69) is 4.98 Å². The van der Waals surface area contributed by atoms with Crippen LogP contribution in [0.3, 0.4) is 0 Å². The standard InChI is InChI=1S/C9H3ClF3N/c10-4-1-2-14-6-3-5(11)8(12)9(13)7(4)6/h1-3H. The van der Waals surface area contributed by atoms with Gasteiger partial charge in [0.1, 0.15) is 0 Å². The largest absolute Gasteiger partial charge is 0.256 e. The first-order valence-electron chi connectivity index (χ1n) is 3.69. The van der Waals surface area contributed by atoms with Crippen LogP contribution in [0.15, 0.2) is 18.3 Å². The van der Waals surface area contributed by atoms with E-state index in [1.54, 1.807) is 0 Å². The molecule has 2 aromatic rings. The van der Waals surface area contributed by atoms with Crippen LogP contribution in [0.25, 0.3) is 10.9 Å². The minimum atomic E-state index is -1.53. The molecule has 0 saturated carbocycles. The zero-order valence-corrected chi connectivity index (χ0v) is 7.45. The minimum Gasteiger partial charge on any atom is -0.256 e. The van der Waals surface area contributed by atoms with Crippen molar-refractivity contribution in [3.8, 4) is 0 Å². The van der Waals surface area contributed by atoms with Gasteiger partial charge < -0.3 is 0 Å². The molecule has 72 valence electrons. The third-order valence-electron chi connectivity index (χ3n) is 1.81. The second-order valence-corrected chi connectivity index (χ2v) is 3.08. The highest BCUT2D eigenvalue weighted by Crippen LogP contribution is 2.27. The van der Waals surface area contributed by atoms with Crippen LogP contribution in [0.1, 0.15) is 0 Å². The van der Waals surface area contributed by atoms with Crippen molar-refractivity contribution >= 4 is 22.5 Å². The lowest BCUT2D eigenvalue weighted by atomic mass is 10.2. The number of halogens is 4. The van der Waals surface area contributed by atoms with Gasteiger partial charge in [0.15, 0.2) is 17.5 Å². The first kappa shape index (κ1) is 9.27. The minimum absolute atomic E-state index is 0.00565. The highest BCUT2D eigenvalue weighted by atomic mass is 35.5. The monoisotopic (exact) mass is 217 g/mol. The Labute approximate surface area is 82.1 Å². The van der Waals surface area contributed by atoms with E-state index >= 15 is 0 Å². The number of aromatic nitrogens is 1. The molecule has 0 aliphatic heterocycles. The molecule has 0 atom stereocenters. The molecule has 5 heteroatoms. The molecule has 1 nitrogen and oxygen atoms in total. The fourth-order valence-electron chi connectivity index (χ4n) is 1.18. The summed E-state index contributed by atoms with van der Waals surface area (Å²) in [6.45, 7) is 0. The lowest BCUT2D eigenvalue weighted by Crippen LogP contribution is -1.94. The van der Waals surface area contributed by atoms with Gasteiger partial charge >= 0.3 is 0 Å². The maximum atomic E-state index is 13.2. The van der Waals surface area contributed by atoms with Gasteiger partial charge in [0.25, 0.3) is 0 Å². The van der Waals surface area contributed by atoms with Crippen LogP contribution in [0.2, 0.25) is 5.02 Å². The average Bonchev–Trinajstić information content (AvgIpc) is 2.14. The number of pyridine rings is 1. The summed E-state index contributed by atoms with van der Waals surface area (Å²) in [5.74, 6) is -4.12. The Balaban J connectivity index is 2.99. The van der Waals surface area contributed by atoms with Gasteiger partial charge in [0.2, 0.25) is 0 Å². The Morgan fingerprint density at radius 1 is 1.14 bits per heavy atom. The molecule has 0 saturated heterocycles. The molecule has 0 amide bonds. The van der Waals surface area contributed by atoms with Crippen LogP contribution in [0, 0.1) is 17.5 Å². The predicted octanol–water partition coefficient (Wildman–Crippen LogP) is 3.31. The molecule has 0 aliphatic rings. The molecule has 0 N–H and O–H groups in total. The van der Waals surface area contributed by atoms with E-state index in [-0.39, 0.29) is 15.9 Å². The second kappa shape index (κ2) is 3.13. The summed E-state index contributed by atoms with van der Waals surface area (Å²) in [5.41, 5.74) is -0.00565. The SMILES string of the molecule is Fc1cc2nccc(Cl)c2c(F)c1F. The summed E-state index contributed by atoms with van der Waals surface area (Å²) >= 11 is 5.62. The Bertz CT molecular complexity index is 513. The summed E-state index contributed by atoms with van der Waals surface area (Å²) in [6.07, 6.45) is 1.29. The summed E-state index contributed by atoms with van der Waals surface area (Å²) < 4.78 is 38.7. The Hall–Kier alpha value is -1.29. The molecule has 14 heavy (non-hydrogen) atoms. The normalized spacial score (nSPS) is 10.9. The van der Waals surface area contributed by atoms with Gasteiger partial charge in [0, 0.05) is 12.3 Å². The maximum Gasteiger partial charge on any atom is 0.195 e. The number of hydrogen-bond acceptors (Lipinski definition) is 1. The summed E-state index contributed by atoms with van der Waals surface area (Å²) in [5, 5.41) is -0.195. The Kier molecular flexibility index (Phi) is 2.07. The van der Waals surface area contributed by atoms with Crippen LogP contribution in [-0.2, 0) is 0 Å². The quantitative estimate of drug-likeness (QED) is 0.617. The van der Waals surface area contributed by atoms with Crippen molar-refractivity contribution in [1.29, 1.82) is 0 Å². The molecule has 0 spiro atoms. The number of hydrogen-bond donors (Lipinski definition) is 0. The summed E-state index contributed by atoms with van der Waals surface area (Å²) in [4.78, 5) is 3.67. The molecule has 1 aromatic heterocycles. The van der Waals surface area contributed by atoms with Crippen LogP contribution >= 0.6 is 11.6 Å². The molecule has 2 rings (SSSR count). The lowest BCUT2D eigenvalue weighted by Gasteiger charge is -2.02. The fourth-order valence-corrected chi connectivity index (χ4v) is 1.41. The number of nitrogens with zero attached hydrogens (tertiary/aromatic N) is 1. The first-order chi connectivity index (χ1) is 6.61. The van der Waals surface area contributed by atoms with E-state index < -0.39 is 17.5 Å². The predicted molar refractivity (Wildman–Crippen MR) is 46.6 cm³/mol. The first-order valence-corrected chi connectivity index (χ1v) is 4.07. The zero-order chi connectivity index (χ0) is 10.3. The third-order valence-corrected chi connectivity index (χ3v) is 2.13. The number of rotatable bonds is 0. The van der Waals surface area contributed by atoms with E-state index in [1.807, 2.05) is 0 Å². The average molecular weight is 218 g/mol. The van der Waals surface area contributed by atoms with E-state index in [4.69, 9.17) is 11.6 Å². The van der Waals surface area contributed by atoms with Gasteiger partial charge in [-0.05, 0) is 6.07 Å². The third kappa shape index (κ3) is 1.23. The van der Waals surface area contributed by atoms with E-state index in [9.17, 15) is 13.2 Å². The molecule has 1 heterocycles. The molecule has 0 fully saturated rings. The van der Waals surface area contributed by atoms with Gasteiger partial charge in [-0.3, -0.25) is 4.98 Å². The van der Waals surface area contributed by atoms with Gasteiger partial charge in [-0.2, -0.15) is 0 Å². The number of fused-ring (bicyclic) bond motifs is 1. The smallest absolute Gasteiger partial charge is 0.195 e. The van der Waals surface area contributed by atoms with Crippen molar-refractivity contribution in [2.45, 2.75) is 0 Å². The van der Waals surface area contributed by atoms with Crippen molar-refractivity contribution in [2.75, 3.05) is 0 Å². The molecule has 0 aliphatic carbocycles. The molecule has 0 bridgehead atoms. The van der Waals surface area contributed by atoms with Crippen molar-refractivity contribution in [3.63, 3.8) is 0 Å². The van der Waals surface area contributed by atoms with E-state index in [1.165, 1.54) is 12.3 Å². The number of benzene rings is 1. The van der Waals surface area contributed by atoms with Gasteiger partial charge in [-0.1, -0.05) is 11.6 Å². The molecular weight excluding hydrogens is 215 g/mol. The van der Waals surface area contributed by atoms with Crippen LogP contribution in [-0.4, -0.2) is 4.98 Å². The van der Waals surface area contributed by atoms with Crippen LogP contribution in [0.4, 0.5) is 13.2 Å². The Morgan fingerprint density at radius 3 is 2.57 bits per heavy atom. The molecule has 0 unspecified atom stereocenters.